The third-order valence-electron chi connectivity index (χ3n) is 7.66. The Hall–Kier alpha value is -2.74. The fourth-order valence-electron chi connectivity index (χ4n) is 5.95. The summed E-state index contributed by atoms with van der Waals surface area (Å²) in [5.41, 5.74) is 3.21. The molecule has 0 fully saturated rings. The number of sulfonamides is 1. The molecule has 0 saturated heterocycles. The number of hydrogen-bond donors (Lipinski definition) is 1. The molecule has 5 rings (SSSR count). The first-order chi connectivity index (χ1) is 17.7. The van der Waals surface area contributed by atoms with Crippen LogP contribution in [0, 0.1) is 17.8 Å². The molecule has 0 bridgehead atoms. The molecular weight excluding hydrogens is 520 g/mol. The second-order valence-electron chi connectivity index (χ2n) is 12.3. The first-order valence-electron chi connectivity index (χ1n) is 12.8. The van der Waals surface area contributed by atoms with Crippen LogP contribution in [0.2, 0.25) is 5.02 Å². The van der Waals surface area contributed by atoms with Crippen LogP contribution in [-0.2, 0) is 19.6 Å². The maximum Gasteiger partial charge on any atom is 0.257 e. The van der Waals surface area contributed by atoms with Gasteiger partial charge in [0.1, 0.15) is 0 Å². The van der Waals surface area contributed by atoms with Gasteiger partial charge in [0.2, 0.25) is 0 Å². The standard InChI is InChI=1S/C30H33ClN2O4S/c1-18-6-12-21(13-7-18)38(36,37)32-33-22-14-29(2,3)16-24(34)27(22)26(19-8-10-20(31)11-9-19)28-23(33)15-30(4,5)17-25(28)35/h6-13,26,32H,14-17H2,1-5H3. The highest BCUT2D eigenvalue weighted by Gasteiger charge is 2.49. The van der Waals surface area contributed by atoms with Gasteiger partial charge < -0.3 is 0 Å². The predicted molar refractivity (Wildman–Crippen MR) is 148 cm³/mol. The number of allylic oxidation sites excluding steroid dienone is 4. The van der Waals surface area contributed by atoms with Gasteiger partial charge >= 0.3 is 0 Å². The average Bonchev–Trinajstić information content (AvgIpc) is 2.79. The van der Waals surface area contributed by atoms with Crippen molar-refractivity contribution in [1.82, 2.24) is 9.84 Å². The number of hydrogen-bond acceptors (Lipinski definition) is 5. The molecule has 1 heterocycles. The lowest BCUT2D eigenvalue weighted by molar-refractivity contribution is -0.119. The fraction of sp³-hybridized carbons (Fsp3) is 0.400. The zero-order valence-electron chi connectivity index (χ0n) is 22.4. The van der Waals surface area contributed by atoms with E-state index in [9.17, 15) is 18.0 Å². The van der Waals surface area contributed by atoms with Gasteiger partial charge in [0.15, 0.2) is 11.6 Å². The van der Waals surface area contributed by atoms with Crippen molar-refractivity contribution in [2.75, 3.05) is 0 Å². The molecular formula is C30H33ClN2O4S. The van der Waals surface area contributed by atoms with Gasteiger partial charge in [-0.1, -0.05) is 69.1 Å². The van der Waals surface area contributed by atoms with Crippen molar-refractivity contribution >= 4 is 33.2 Å². The maximum atomic E-state index is 13.8. The molecule has 0 unspecified atom stereocenters. The van der Waals surface area contributed by atoms with Gasteiger partial charge in [0, 0.05) is 46.3 Å². The first-order valence-corrected chi connectivity index (χ1v) is 14.7. The smallest absolute Gasteiger partial charge is 0.257 e. The molecule has 200 valence electrons. The number of hydrazine groups is 1. The minimum Gasteiger partial charge on any atom is -0.294 e. The molecule has 0 atom stereocenters. The van der Waals surface area contributed by atoms with E-state index in [1.807, 2.05) is 46.8 Å². The molecule has 0 spiro atoms. The molecule has 38 heavy (non-hydrogen) atoms. The van der Waals surface area contributed by atoms with Gasteiger partial charge in [0.25, 0.3) is 10.0 Å². The molecule has 1 aliphatic heterocycles. The lowest BCUT2D eigenvalue weighted by Gasteiger charge is -2.48. The third kappa shape index (κ3) is 4.88. The Labute approximate surface area is 229 Å². The van der Waals surface area contributed by atoms with Crippen LogP contribution in [0.5, 0.6) is 0 Å². The molecule has 2 aromatic carbocycles. The van der Waals surface area contributed by atoms with Gasteiger partial charge in [-0.2, -0.15) is 0 Å². The number of ketones is 2. The van der Waals surface area contributed by atoms with Crippen LogP contribution < -0.4 is 4.83 Å². The summed E-state index contributed by atoms with van der Waals surface area (Å²) < 4.78 is 27.3. The van der Waals surface area contributed by atoms with E-state index in [-0.39, 0.29) is 27.3 Å². The van der Waals surface area contributed by atoms with E-state index >= 15 is 0 Å². The summed E-state index contributed by atoms with van der Waals surface area (Å²) in [6.45, 7) is 9.94. The lowest BCUT2D eigenvalue weighted by atomic mass is 9.64. The topological polar surface area (TPSA) is 83.6 Å². The van der Waals surface area contributed by atoms with Crippen LogP contribution in [0.3, 0.4) is 0 Å². The Bertz CT molecular complexity index is 1450. The quantitative estimate of drug-likeness (QED) is 0.486. The fourth-order valence-corrected chi connectivity index (χ4v) is 7.14. The minimum atomic E-state index is -4.01. The largest absolute Gasteiger partial charge is 0.294 e. The Morgan fingerprint density at radius 3 is 1.74 bits per heavy atom. The highest BCUT2D eigenvalue weighted by molar-refractivity contribution is 7.89. The summed E-state index contributed by atoms with van der Waals surface area (Å²) in [5, 5.41) is 2.12. The van der Waals surface area contributed by atoms with Crippen LogP contribution in [0.4, 0.5) is 0 Å². The van der Waals surface area contributed by atoms with E-state index in [4.69, 9.17) is 11.6 Å². The van der Waals surface area contributed by atoms with Crippen LogP contribution in [0.1, 0.15) is 70.4 Å². The number of nitrogens with one attached hydrogen (secondary N) is 1. The number of nitrogens with zero attached hydrogens (tertiary/aromatic N) is 1. The van der Waals surface area contributed by atoms with E-state index in [1.54, 1.807) is 41.4 Å². The molecule has 3 aliphatic rings. The number of Topliss-reactive ketones (excluding diaryl/α,β-unsaturated/α-hetero) is 2. The molecule has 0 aromatic heterocycles. The predicted octanol–water partition coefficient (Wildman–Crippen LogP) is 6.23. The molecule has 6 nitrogen and oxygen atoms in total. The van der Waals surface area contributed by atoms with Crippen molar-refractivity contribution in [3.05, 3.63) is 87.2 Å². The first kappa shape index (κ1) is 26.9. The lowest BCUT2D eigenvalue weighted by Crippen LogP contribution is -2.50. The van der Waals surface area contributed by atoms with Gasteiger partial charge in [-0.15, -0.1) is 4.83 Å². The van der Waals surface area contributed by atoms with Crippen molar-refractivity contribution in [2.45, 2.75) is 71.1 Å². The Kier molecular flexibility index (Phi) is 6.49. The normalized spacial score (nSPS) is 21.5. The number of rotatable bonds is 4. The minimum absolute atomic E-state index is 0.0695. The van der Waals surface area contributed by atoms with Gasteiger partial charge in [-0.05, 0) is 60.4 Å². The number of carbonyl (C=O) groups is 2. The highest BCUT2D eigenvalue weighted by Crippen LogP contribution is 2.54. The number of aryl methyl sites for hydroxylation is 1. The molecule has 0 saturated carbocycles. The summed E-state index contributed by atoms with van der Waals surface area (Å²) in [4.78, 5) is 30.5. The Balaban J connectivity index is 1.75. The summed E-state index contributed by atoms with van der Waals surface area (Å²) in [6.07, 6.45) is 1.60. The van der Waals surface area contributed by atoms with Crippen LogP contribution >= 0.6 is 11.6 Å². The van der Waals surface area contributed by atoms with Crippen molar-refractivity contribution < 1.29 is 18.0 Å². The van der Waals surface area contributed by atoms with E-state index in [0.29, 0.717) is 53.2 Å². The zero-order chi connectivity index (χ0) is 27.6. The van der Waals surface area contributed by atoms with Crippen molar-refractivity contribution in [1.29, 1.82) is 0 Å². The summed E-state index contributed by atoms with van der Waals surface area (Å²) >= 11 is 6.18. The molecule has 0 amide bonds. The summed E-state index contributed by atoms with van der Waals surface area (Å²) in [6, 6.07) is 13.9. The molecule has 0 radical (unpaired) electrons. The summed E-state index contributed by atoms with van der Waals surface area (Å²) in [7, 11) is -4.01. The summed E-state index contributed by atoms with van der Waals surface area (Å²) in [5.74, 6) is -0.704. The van der Waals surface area contributed by atoms with Crippen molar-refractivity contribution in [3.8, 4) is 0 Å². The zero-order valence-corrected chi connectivity index (χ0v) is 24.0. The van der Waals surface area contributed by atoms with Gasteiger partial charge in [0.05, 0.1) is 4.90 Å². The van der Waals surface area contributed by atoms with Gasteiger partial charge in [-0.3, -0.25) is 14.6 Å². The Morgan fingerprint density at radius 1 is 0.789 bits per heavy atom. The molecule has 2 aromatic rings. The Morgan fingerprint density at radius 2 is 1.26 bits per heavy atom. The second-order valence-corrected chi connectivity index (χ2v) is 14.4. The van der Waals surface area contributed by atoms with E-state index < -0.39 is 15.9 Å². The second kappa shape index (κ2) is 9.18. The van der Waals surface area contributed by atoms with Crippen LogP contribution in [-0.4, -0.2) is 25.0 Å². The van der Waals surface area contributed by atoms with Crippen molar-refractivity contribution in [2.24, 2.45) is 10.8 Å². The highest BCUT2D eigenvalue weighted by atomic mass is 35.5. The third-order valence-corrected chi connectivity index (χ3v) is 9.22. The SMILES string of the molecule is Cc1ccc(S(=O)(=O)NN2C3=C(C(=O)CC(C)(C)C3)C(c3ccc(Cl)cc3)C3=C2CC(C)(C)CC3=O)cc1. The van der Waals surface area contributed by atoms with E-state index in [2.05, 4.69) is 4.83 Å². The molecule has 2 aliphatic carbocycles. The van der Waals surface area contributed by atoms with Gasteiger partial charge in [-0.25, -0.2) is 8.42 Å². The van der Waals surface area contributed by atoms with E-state index in [0.717, 1.165) is 11.1 Å². The van der Waals surface area contributed by atoms with E-state index in [1.165, 1.54) is 0 Å². The maximum absolute atomic E-state index is 13.8. The van der Waals surface area contributed by atoms with Crippen LogP contribution in [0.15, 0.2) is 76.0 Å². The monoisotopic (exact) mass is 552 g/mol. The number of carbonyl (C=O) groups excluding carboxylic acids is 2. The number of benzene rings is 2. The van der Waals surface area contributed by atoms with Crippen LogP contribution in [0.25, 0.3) is 0 Å². The molecule has 1 N–H and O–H groups in total. The number of halogens is 1. The van der Waals surface area contributed by atoms with Crippen molar-refractivity contribution in [3.63, 3.8) is 0 Å². The molecule has 8 heteroatoms. The average molecular weight is 553 g/mol.